The van der Waals surface area contributed by atoms with Gasteiger partial charge >= 0.3 is 0 Å². The molecule has 0 bridgehead atoms. The van der Waals surface area contributed by atoms with Crippen molar-refractivity contribution >= 4 is 0 Å². The maximum atomic E-state index is 6.22. The second kappa shape index (κ2) is 7.43. The molecule has 0 N–H and O–H groups in total. The molecule has 0 aliphatic carbocycles. The van der Waals surface area contributed by atoms with Crippen LogP contribution in [0.2, 0.25) is 0 Å². The Hall–Kier alpha value is -2.74. The smallest absolute Gasteiger partial charge is 0.172 e. The minimum absolute atomic E-state index is 0.523. The van der Waals surface area contributed by atoms with Crippen LogP contribution in [-0.4, -0.2) is 0 Å². The Morgan fingerprint density at radius 1 is 0.600 bits per heavy atom. The summed E-state index contributed by atoms with van der Waals surface area (Å²) in [4.78, 5) is 0. The molecule has 25 heavy (non-hydrogen) atoms. The van der Waals surface area contributed by atoms with E-state index >= 15 is 0 Å². The summed E-state index contributed by atoms with van der Waals surface area (Å²) in [6, 6.07) is 20.1. The summed E-state index contributed by atoms with van der Waals surface area (Å²) in [6.45, 7) is 8.99. The summed E-state index contributed by atoms with van der Waals surface area (Å²) >= 11 is 0. The second-order valence-corrected chi connectivity index (χ2v) is 6.35. The lowest BCUT2D eigenvalue weighted by atomic mass is 9.97. The van der Waals surface area contributed by atoms with Crippen LogP contribution < -0.4 is 9.47 Å². The zero-order valence-corrected chi connectivity index (χ0v) is 15.3. The van der Waals surface area contributed by atoms with Gasteiger partial charge in [-0.15, -0.1) is 0 Å². The van der Waals surface area contributed by atoms with Gasteiger partial charge in [0.05, 0.1) is 0 Å². The van der Waals surface area contributed by atoms with Crippen LogP contribution in [0.5, 0.6) is 17.2 Å². The highest BCUT2D eigenvalue weighted by Crippen LogP contribution is 2.41. The van der Waals surface area contributed by atoms with Crippen molar-refractivity contribution in [3.8, 4) is 17.2 Å². The Bertz CT molecular complexity index is 853. The van der Waals surface area contributed by atoms with Crippen molar-refractivity contribution in [3.63, 3.8) is 0 Å². The van der Waals surface area contributed by atoms with Crippen LogP contribution in [0.25, 0.3) is 0 Å². The van der Waals surface area contributed by atoms with Crippen LogP contribution in [0.15, 0.2) is 60.7 Å². The lowest BCUT2D eigenvalue weighted by Crippen LogP contribution is -2.04. The minimum Gasteiger partial charge on any atom is -0.485 e. The molecule has 0 aromatic heterocycles. The van der Waals surface area contributed by atoms with Crippen LogP contribution in [-0.2, 0) is 6.61 Å². The normalized spacial score (nSPS) is 10.6. The molecule has 2 heteroatoms. The summed E-state index contributed by atoms with van der Waals surface area (Å²) in [5.74, 6) is 2.45. The molecule has 0 saturated heterocycles. The van der Waals surface area contributed by atoms with Crippen molar-refractivity contribution in [2.75, 3.05) is 0 Å². The molecule has 2 nitrogen and oxygen atoms in total. The summed E-state index contributed by atoms with van der Waals surface area (Å²) in [5.41, 5.74) is 5.89. The van der Waals surface area contributed by atoms with Gasteiger partial charge in [0.15, 0.2) is 11.5 Å². The molecule has 128 valence electrons. The molecule has 3 aromatic rings. The first-order valence-electron chi connectivity index (χ1n) is 8.58. The molecule has 0 fully saturated rings. The summed E-state index contributed by atoms with van der Waals surface area (Å²) in [7, 11) is 0. The number of para-hydroxylation sites is 1. The molecule has 0 atom stereocenters. The maximum Gasteiger partial charge on any atom is 0.172 e. The van der Waals surface area contributed by atoms with E-state index in [1.165, 1.54) is 11.1 Å². The Balaban J connectivity index is 1.99. The summed E-state index contributed by atoms with van der Waals surface area (Å²) < 4.78 is 12.4. The lowest BCUT2D eigenvalue weighted by Gasteiger charge is -2.21. The van der Waals surface area contributed by atoms with Crippen molar-refractivity contribution in [1.29, 1.82) is 0 Å². The average molecular weight is 332 g/mol. The molecule has 0 aliphatic heterocycles. The highest BCUT2D eigenvalue weighted by molar-refractivity contribution is 5.59. The van der Waals surface area contributed by atoms with Crippen LogP contribution in [0.4, 0.5) is 0 Å². The van der Waals surface area contributed by atoms with Gasteiger partial charge in [-0.3, -0.25) is 0 Å². The van der Waals surface area contributed by atoms with Crippen LogP contribution in [0.1, 0.15) is 27.8 Å². The van der Waals surface area contributed by atoms with E-state index < -0.39 is 0 Å². The quantitative estimate of drug-likeness (QED) is 0.546. The fourth-order valence-corrected chi connectivity index (χ4v) is 2.88. The Morgan fingerprint density at radius 2 is 1.12 bits per heavy atom. The number of benzene rings is 3. The first kappa shape index (κ1) is 17.1. The third kappa shape index (κ3) is 3.69. The van der Waals surface area contributed by atoms with E-state index in [-0.39, 0.29) is 0 Å². The molecule has 0 saturated carbocycles. The van der Waals surface area contributed by atoms with Gasteiger partial charge in [-0.1, -0.05) is 48.5 Å². The zero-order chi connectivity index (χ0) is 17.8. The van der Waals surface area contributed by atoms with Gasteiger partial charge < -0.3 is 9.47 Å². The van der Waals surface area contributed by atoms with Crippen molar-refractivity contribution in [2.45, 2.75) is 34.3 Å². The average Bonchev–Trinajstić information content (AvgIpc) is 2.66. The van der Waals surface area contributed by atoms with E-state index in [4.69, 9.17) is 9.47 Å². The summed E-state index contributed by atoms with van der Waals surface area (Å²) in [5, 5.41) is 0. The third-order valence-corrected chi connectivity index (χ3v) is 4.76. The van der Waals surface area contributed by atoms with Crippen LogP contribution >= 0.6 is 0 Å². The first-order chi connectivity index (χ1) is 12.1. The number of rotatable bonds is 5. The molecule has 0 unspecified atom stereocenters. The van der Waals surface area contributed by atoms with Crippen molar-refractivity contribution in [2.24, 2.45) is 0 Å². The van der Waals surface area contributed by atoms with E-state index in [9.17, 15) is 0 Å². The van der Waals surface area contributed by atoms with Gasteiger partial charge in [0.1, 0.15) is 12.4 Å². The van der Waals surface area contributed by atoms with Crippen molar-refractivity contribution < 1.29 is 9.47 Å². The highest BCUT2D eigenvalue weighted by atomic mass is 16.5. The van der Waals surface area contributed by atoms with E-state index in [1.807, 2.05) is 48.5 Å². The number of hydrogen-bond donors (Lipinski definition) is 0. The predicted molar refractivity (Wildman–Crippen MR) is 103 cm³/mol. The molecule has 0 aliphatic rings. The minimum atomic E-state index is 0.523. The number of hydrogen-bond acceptors (Lipinski definition) is 2. The zero-order valence-electron chi connectivity index (χ0n) is 15.3. The van der Waals surface area contributed by atoms with E-state index in [2.05, 4.69) is 39.8 Å². The van der Waals surface area contributed by atoms with Gasteiger partial charge in [0.2, 0.25) is 0 Å². The van der Waals surface area contributed by atoms with Crippen molar-refractivity contribution in [3.05, 3.63) is 88.5 Å². The third-order valence-electron chi connectivity index (χ3n) is 4.76. The predicted octanol–water partition coefficient (Wildman–Crippen LogP) is 6.29. The van der Waals surface area contributed by atoms with Gasteiger partial charge in [0.25, 0.3) is 0 Å². The fourth-order valence-electron chi connectivity index (χ4n) is 2.88. The number of ether oxygens (including phenoxy) is 2. The molecule has 3 rings (SSSR count). The Kier molecular flexibility index (Phi) is 5.08. The molecular formula is C23H24O2. The molecular weight excluding hydrogens is 308 g/mol. The lowest BCUT2D eigenvalue weighted by molar-refractivity contribution is 0.288. The van der Waals surface area contributed by atoms with Gasteiger partial charge in [-0.2, -0.15) is 0 Å². The molecule has 3 aromatic carbocycles. The highest BCUT2D eigenvalue weighted by Gasteiger charge is 2.18. The van der Waals surface area contributed by atoms with E-state index in [0.717, 1.165) is 33.9 Å². The van der Waals surface area contributed by atoms with Gasteiger partial charge in [-0.25, -0.2) is 0 Å². The van der Waals surface area contributed by atoms with Crippen LogP contribution in [0.3, 0.4) is 0 Å². The molecule has 0 amide bonds. The second-order valence-electron chi connectivity index (χ2n) is 6.35. The van der Waals surface area contributed by atoms with Gasteiger partial charge in [-0.05, 0) is 67.6 Å². The van der Waals surface area contributed by atoms with Crippen molar-refractivity contribution in [1.82, 2.24) is 0 Å². The molecule has 0 radical (unpaired) electrons. The summed E-state index contributed by atoms with van der Waals surface area (Å²) in [6.07, 6.45) is 0. The first-order valence-corrected chi connectivity index (χ1v) is 8.58. The fraction of sp³-hybridized carbons (Fsp3) is 0.217. The van der Waals surface area contributed by atoms with E-state index in [1.54, 1.807) is 0 Å². The van der Waals surface area contributed by atoms with E-state index in [0.29, 0.717) is 6.61 Å². The SMILES string of the molecule is Cc1c(C)c(C)c(Oc2ccccc2)c(OCc2ccccc2)c1C. The van der Waals surface area contributed by atoms with Gasteiger partial charge in [0, 0.05) is 0 Å². The Morgan fingerprint density at radius 3 is 1.72 bits per heavy atom. The Labute approximate surface area is 150 Å². The maximum absolute atomic E-state index is 6.22. The standard InChI is InChI=1S/C23H24O2/c1-16-17(2)19(4)23(25-21-13-9-6-10-14-21)22(18(16)3)24-15-20-11-7-5-8-12-20/h5-14H,15H2,1-4H3. The molecule has 0 spiro atoms. The monoisotopic (exact) mass is 332 g/mol. The molecule has 0 heterocycles. The van der Waals surface area contributed by atoms with Crippen LogP contribution in [0, 0.1) is 27.7 Å². The topological polar surface area (TPSA) is 18.5 Å². The largest absolute Gasteiger partial charge is 0.485 e.